The van der Waals surface area contributed by atoms with Crippen LogP contribution in [0.3, 0.4) is 0 Å². The second-order valence-corrected chi connectivity index (χ2v) is 9.75. The van der Waals surface area contributed by atoms with Gasteiger partial charge < -0.3 is 15.0 Å². The minimum atomic E-state index is 0.278. The van der Waals surface area contributed by atoms with Crippen LogP contribution in [-0.4, -0.2) is 43.3 Å². The molecule has 3 aromatic rings. The predicted molar refractivity (Wildman–Crippen MR) is 144 cm³/mol. The van der Waals surface area contributed by atoms with E-state index in [-0.39, 0.29) is 6.10 Å². The number of anilines is 1. The number of fused-ring (bicyclic) bond motifs is 1. The van der Waals surface area contributed by atoms with Crippen molar-refractivity contribution < 1.29 is 4.74 Å². The first-order valence-corrected chi connectivity index (χ1v) is 12.8. The lowest BCUT2D eigenvalue weighted by atomic mass is 9.83. The van der Waals surface area contributed by atoms with Crippen LogP contribution in [0.1, 0.15) is 51.8 Å². The van der Waals surface area contributed by atoms with Crippen molar-refractivity contribution in [2.24, 2.45) is 11.8 Å². The number of hydrogen-bond donors (Lipinski definition) is 1. The zero-order chi connectivity index (χ0) is 24.3. The Labute approximate surface area is 206 Å². The Morgan fingerprint density at radius 1 is 0.971 bits per heavy atom. The molecule has 0 aliphatic heterocycles. The molecule has 5 nitrogen and oxygen atoms in total. The molecule has 0 radical (unpaired) electrons. The van der Waals surface area contributed by atoms with E-state index in [0.717, 1.165) is 59.6 Å². The number of nitrogens with zero attached hydrogens (tertiary/aromatic N) is 3. The minimum Gasteiger partial charge on any atom is -0.489 e. The van der Waals surface area contributed by atoms with E-state index in [0.29, 0.717) is 0 Å². The van der Waals surface area contributed by atoms with Crippen molar-refractivity contribution >= 4 is 16.7 Å². The SMILES string of the molecule is CCC(CNCC1CCC(C)CC1)Oc1ccccc1.Cc1nc(N(C)C)c2ccccc2n1. The van der Waals surface area contributed by atoms with Crippen LogP contribution in [0.25, 0.3) is 10.9 Å². The Morgan fingerprint density at radius 2 is 1.65 bits per heavy atom. The Morgan fingerprint density at radius 3 is 2.32 bits per heavy atom. The van der Waals surface area contributed by atoms with Gasteiger partial charge in [0.05, 0.1) is 5.52 Å². The lowest BCUT2D eigenvalue weighted by molar-refractivity contribution is 0.187. The van der Waals surface area contributed by atoms with Crippen LogP contribution in [0.2, 0.25) is 0 Å². The summed E-state index contributed by atoms with van der Waals surface area (Å²) in [6.45, 7) is 8.60. The highest BCUT2D eigenvalue weighted by molar-refractivity contribution is 5.89. The van der Waals surface area contributed by atoms with Gasteiger partial charge in [-0.1, -0.05) is 57.0 Å². The molecular formula is C29H42N4O. The van der Waals surface area contributed by atoms with Crippen molar-refractivity contribution in [1.29, 1.82) is 0 Å². The van der Waals surface area contributed by atoms with Gasteiger partial charge in [-0.05, 0) is 68.8 Å². The molecule has 0 bridgehead atoms. The lowest BCUT2D eigenvalue weighted by Gasteiger charge is -2.27. The van der Waals surface area contributed by atoms with E-state index in [1.807, 2.05) is 80.5 Å². The van der Waals surface area contributed by atoms with E-state index >= 15 is 0 Å². The van der Waals surface area contributed by atoms with Crippen LogP contribution in [0.15, 0.2) is 54.6 Å². The van der Waals surface area contributed by atoms with Crippen molar-refractivity contribution in [2.75, 3.05) is 32.1 Å². The Bertz CT molecular complexity index is 984. The first-order chi connectivity index (χ1) is 16.5. The second kappa shape index (κ2) is 13.3. The molecule has 1 aliphatic carbocycles. The number of benzene rings is 2. The molecule has 1 N–H and O–H groups in total. The molecule has 1 aromatic heterocycles. The fourth-order valence-electron chi connectivity index (χ4n) is 4.46. The number of rotatable bonds is 8. The highest BCUT2D eigenvalue weighted by Gasteiger charge is 2.18. The summed E-state index contributed by atoms with van der Waals surface area (Å²) in [7, 11) is 3.99. The van der Waals surface area contributed by atoms with Crippen molar-refractivity contribution in [3.8, 4) is 5.75 Å². The van der Waals surface area contributed by atoms with Gasteiger partial charge in [-0.25, -0.2) is 9.97 Å². The standard InChI is InChI=1S/C18H29NO.C11H13N3/c1-3-17(20-18-7-5-4-6-8-18)14-19-13-16-11-9-15(2)10-12-16;1-8-12-10-7-5-4-6-9(10)11(13-8)14(2)3/h4-8,15-17,19H,3,9-14H2,1-2H3;4-7H,1-3H3. The third kappa shape index (κ3) is 7.98. The zero-order valence-corrected chi connectivity index (χ0v) is 21.6. The van der Waals surface area contributed by atoms with E-state index in [9.17, 15) is 0 Å². The summed E-state index contributed by atoms with van der Waals surface area (Å²) in [4.78, 5) is 10.8. The van der Waals surface area contributed by atoms with E-state index in [1.54, 1.807) is 0 Å². The molecule has 0 saturated heterocycles. The zero-order valence-electron chi connectivity index (χ0n) is 21.6. The number of hydrogen-bond acceptors (Lipinski definition) is 5. The fourth-order valence-corrected chi connectivity index (χ4v) is 4.46. The molecule has 1 fully saturated rings. The molecule has 184 valence electrons. The van der Waals surface area contributed by atoms with Crippen LogP contribution in [0.5, 0.6) is 5.75 Å². The molecule has 5 heteroatoms. The maximum Gasteiger partial charge on any atom is 0.139 e. The highest BCUT2D eigenvalue weighted by atomic mass is 16.5. The van der Waals surface area contributed by atoms with Gasteiger partial charge in [-0.3, -0.25) is 0 Å². The monoisotopic (exact) mass is 462 g/mol. The smallest absolute Gasteiger partial charge is 0.139 e. The summed E-state index contributed by atoms with van der Waals surface area (Å²) in [5.74, 6) is 4.59. The lowest BCUT2D eigenvalue weighted by Crippen LogP contribution is -2.34. The molecule has 34 heavy (non-hydrogen) atoms. The number of ether oxygens (including phenoxy) is 1. The Hall–Kier alpha value is -2.66. The van der Waals surface area contributed by atoms with E-state index in [2.05, 4.69) is 29.1 Å². The van der Waals surface area contributed by atoms with Crippen molar-refractivity contribution in [3.05, 3.63) is 60.4 Å². The molecular weight excluding hydrogens is 420 g/mol. The van der Waals surface area contributed by atoms with Gasteiger partial charge in [0.25, 0.3) is 0 Å². The van der Waals surface area contributed by atoms with Crippen LogP contribution in [0.4, 0.5) is 5.82 Å². The molecule has 1 unspecified atom stereocenters. The third-order valence-electron chi connectivity index (χ3n) is 6.56. The van der Waals surface area contributed by atoms with Crippen LogP contribution in [0, 0.1) is 18.8 Å². The van der Waals surface area contributed by atoms with Gasteiger partial charge in [0.15, 0.2) is 0 Å². The van der Waals surface area contributed by atoms with Gasteiger partial charge >= 0.3 is 0 Å². The largest absolute Gasteiger partial charge is 0.489 e. The van der Waals surface area contributed by atoms with Crippen molar-refractivity contribution in [1.82, 2.24) is 15.3 Å². The Kier molecular flexibility index (Phi) is 10.1. The number of para-hydroxylation sites is 2. The van der Waals surface area contributed by atoms with Gasteiger partial charge in [0.1, 0.15) is 23.5 Å². The maximum atomic E-state index is 6.01. The van der Waals surface area contributed by atoms with E-state index in [1.165, 1.54) is 25.7 Å². The van der Waals surface area contributed by atoms with Crippen molar-refractivity contribution in [2.45, 2.75) is 59.0 Å². The first kappa shape index (κ1) is 26.0. The summed E-state index contributed by atoms with van der Waals surface area (Å²) in [6, 6.07) is 18.2. The summed E-state index contributed by atoms with van der Waals surface area (Å²) in [5.41, 5.74) is 1.00. The average molecular weight is 463 g/mol. The quantitative estimate of drug-likeness (QED) is 0.428. The fraction of sp³-hybridized carbons (Fsp3) is 0.517. The van der Waals surface area contributed by atoms with Gasteiger partial charge in [0, 0.05) is 26.0 Å². The Balaban J connectivity index is 0.000000202. The molecule has 1 atom stereocenters. The van der Waals surface area contributed by atoms with Crippen LogP contribution >= 0.6 is 0 Å². The average Bonchev–Trinajstić information content (AvgIpc) is 2.85. The predicted octanol–water partition coefficient (Wildman–Crippen LogP) is 6.26. The molecule has 0 spiro atoms. The first-order valence-electron chi connectivity index (χ1n) is 12.8. The normalized spacial score (nSPS) is 18.6. The van der Waals surface area contributed by atoms with Crippen LogP contribution in [-0.2, 0) is 0 Å². The minimum absolute atomic E-state index is 0.278. The maximum absolute atomic E-state index is 6.01. The summed E-state index contributed by atoms with van der Waals surface area (Å²) < 4.78 is 6.01. The second-order valence-electron chi connectivity index (χ2n) is 9.75. The number of nitrogens with one attached hydrogen (secondary N) is 1. The summed E-state index contributed by atoms with van der Waals surface area (Å²) >= 11 is 0. The molecule has 2 aromatic carbocycles. The van der Waals surface area contributed by atoms with Gasteiger partial charge in [-0.15, -0.1) is 0 Å². The topological polar surface area (TPSA) is 50.3 Å². The third-order valence-corrected chi connectivity index (χ3v) is 6.56. The highest BCUT2D eigenvalue weighted by Crippen LogP contribution is 2.27. The molecule has 0 amide bonds. The van der Waals surface area contributed by atoms with Gasteiger partial charge in [0.2, 0.25) is 0 Å². The van der Waals surface area contributed by atoms with Crippen molar-refractivity contribution in [3.63, 3.8) is 0 Å². The number of aromatic nitrogens is 2. The molecule has 4 rings (SSSR count). The van der Waals surface area contributed by atoms with E-state index < -0.39 is 0 Å². The van der Waals surface area contributed by atoms with Gasteiger partial charge in [-0.2, -0.15) is 0 Å². The summed E-state index contributed by atoms with van der Waals surface area (Å²) in [6.07, 6.45) is 6.92. The van der Waals surface area contributed by atoms with Crippen LogP contribution < -0.4 is 15.0 Å². The summed E-state index contributed by atoms with van der Waals surface area (Å²) in [5, 5.41) is 4.72. The molecule has 1 saturated carbocycles. The number of aryl methyl sites for hydroxylation is 1. The van der Waals surface area contributed by atoms with E-state index in [4.69, 9.17) is 4.74 Å². The molecule has 1 aliphatic rings. The molecule has 1 heterocycles.